The third kappa shape index (κ3) is 12.0. The average molecular weight is 423 g/mol. The number of ether oxygens (including phenoxy) is 1. The fourth-order valence-corrected chi connectivity index (χ4v) is 4.46. The summed E-state index contributed by atoms with van der Waals surface area (Å²) in [6.07, 6.45) is 9.49. The van der Waals surface area contributed by atoms with Gasteiger partial charge in [0.2, 0.25) is 0 Å². The number of nitrogens with zero attached hydrogens (tertiary/aromatic N) is 1. The fourth-order valence-electron chi connectivity index (χ4n) is 4.09. The molecule has 0 radical (unpaired) electrons. The van der Waals surface area contributed by atoms with Crippen LogP contribution < -0.4 is 0 Å². The van der Waals surface area contributed by atoms with E-state index in [0.717, 1.165) is 62.6 Å². The van der Waals surface area contributed by atoms with Gasteiger partial charge in [0, 0.05) is 18.9 Å². The number of allylic oxidation sites excluding steroid dienone is 1. The molecule has 0 saturated carbocycles. The van der Waals surface area contributed by atoms with Crippen molar-refractivity contribution < 1.29 is 32.9 Å². The number of rotatable bonds is 17. The molecule has 1 atom stereocenters. The standard InChI is InChI=1S/C20H40NO6P/c1-5-11-20(22)26-17-9-12-19(13-10-18-27-28(23,24)25)21(14-6-2,15-7-3)16-8-4/h5,11,19H,6-10,12-18H2,1-4H3,(H-,23,24,25)/p+1. The zero-order valence-electron chi connectivity index (χ0n) is 18.1. The zero-order valence-corrected chi connectivity index (χ0v) is 19.0. The van der Waals surface area contributed by atoms with Gasteiger partial charge in [-0.1, -0.05) is 26.8 Å². The van der Waals surface area contributed by atoms with Crippen molar-refractivity contribution in [1.82, 2.24) is 0 Å². The minimum atomic E-state index is -4.42. The lowest BCUT2D eigenvalue weighted by atomic mass is 9.99. The number of hydrogen-bond acceptors (Lipinski definition) is 4. The second-order valence-electron chi connectivity index (χ2n) is 7.32. The van der Waals surface area contributed by atoms with Crippen molar-refractivity contribution in [3.63, 3.8) is 0 Å². The molecule has 0 aliphatic heterocycles. The van der Waals surface area contributed by atoms with Gasteiger partial charge in [0.05, 0.1) is 38.9 Å². The summed E-state index contributed by atoms with van der Waals surface area (Å²) in [7, 11) is -4.42. The van der Waals surface area contributed by atoms with E-state index in [1.165, 1.54) is 6.08 Å². The number of carbonyl (C=O) groups excluding carboxylic acids is 1. The molecular formula is C20H41NO6P+. The van der Waals surface area contributed by atoms with E-state index in [-0.39, 0.29) is 12.6 Å². The normalized spacial score (nSPS) is 13.8. The highest BCUT2D eigenvalue weighted by atomic mass is 31.2. The number of carbonyl (C=O) groups is 1. The molecule has 0 aliphatic carbocycles. The van der Waals surface area contributed by atoms with Crippen molar-refractivity contribution in [1.29, 1.82) is 0 Å². The van der Waals surface area contributed by atoms with E-state index in [0.29, 0.717) is 19.1 Å². The lowest BCUT2D eigenvalue weighted by Gasteiger charge is -2.45. The molecule has 0 aromatic rings. The summed E-state index contributed by atoms with van der Waals surface area (Å²) in [5, 5.41) is 0. The average Bonchev–Trinajstić information content (AvgIpc) is 2.60. The van der Waals surface area contributed by atoms with Crippen LogP contribution in [0.15, 0.2) is 12.2 Å². The molecule has 0 bridgehead atoms. The molecule has 1 unspecified atom stereocenters. The fraction of sp³-hybridized carbons (Fsp3) is 0.850. The van der Waals surface area contributed by atoms with E-state index < -0.39 is 7.82 Å². The van der Waals surface area contributed by atoms with Crippen molar-refractivity contribution >= 4 is 13.8 Å². The first kappa shape index (κ1) is 27.3. The van der Waals surface area contributed by atoms with E-state index in [9.17, 15) is 9.36 Å². The molecule has 8 heteroatoms. The van der Waals surface area contributed by atoms with Crippen LogP contribution in [0.2, 0.25) is 0 Å². The number of phosphoric ester groups is 1. The first-order chi connectivity index (χ1) is 13.2. The first-order valence-electron chi connectivity index (χ1n) is 10.6. The molecule has 0 saturated heterocycles. The SMILES string of the molecule is CC=CC(=O)OCCCC(CCCOP(=O)(O)O)[N+](CCC)(CCC)CCC. The van der Waals surface area contributed by atoms with Gasteiger partial charge < -0.3 is 19.0 Å². The Bertz CT molecular complexity index is 474. The summed E-state index contributed by atoms with van der Waals surface area (Å²) in [4.78, 5) is 29.3. The molecule has 0 heterocycles. The molecule has 0 fully saturated rings. The van der Waals surface area contributed by atoms with Crippen LogP contribution in [0.25, 0.3) is 0 Å². The Hall–Kier alpha value is -0.720. The van der Waals surface area contributed by atoms with Crippen LogP contribution in [0.1, 0.15) is 72.6 Å². The van der Waals surface area contributed by atoms with Gasteiger partial charge in [0.25, 0.3) is 0 Å². The van der Waals surface area contributed by atoms with Gasteiger partial charge in [-0.05, 0) is 39.0 Å². The molecule has 0 aromatic heterocycles. The monoisotopic (exact) mass is 422 g/mol. The van der Waals surface area contributed by atoms with Crippen LogP contribution >= 0.6 is 7.82 Å². The Morgan fingerprint density at radius 3 is 1.93 bits per heavy atom. The molecule has 2 N–H and O–H groups in total. The number of quaternary nitrogens is 1. The van der Waals surface area contributed by atoms with Crippen LogP contribution in [0.5, 0.6) is 0 Å². The number of phosphoric acid groups is 1. The predicted octanol–water partition coefficient (Wildman–Crippen LogP) is 4.19. The second-order valence-corrected chi connectivity index (χ2v) is 8.56. The summed E-state index contributed by atoms with van der Waals surface area (Å²) >= 11 is 0. The summed E-state index contributed by atoms with van der Waals surface area (Å²) in [5.74, 6) is -0.314. The topological polar surface area (TPSA) is 93.1 Å². The van der Waals surface area contributed by atoms with Crippen LogP contribution in [0, 0.1) is 0 Å². The molecule has 0 rings (SSSR count). The van der Waals surface area contributed by atoms with Crippen LogP contribution in [0.4, 0.5) is 0 Å². The summed E-state index contributed by atoms with van der Waals surface area (Å²) in [5.41, 5.74) is 0. The Labute approximate surface area is 170 Å². The van der Waals surface area contributed by atoms with Crippen molar-refractivity contribution in [3.05, 3.63) is 12.2 Å². The van der Waals surface area contributed by atoms with Crippen molar-refractivity contribution in [2.45, 2.75) is 78.7 Å². The van der Waals surface area contributed by atoms with E-state index >= 15 is 0 Å². The maximum Gasteiger partial charge on any atom is 0.469 e. The third-order valence-corrected chi connectivity index (χ3v) is 5.47. The van der Waals surface area contributed by atoms with Crippen molar-refractivity contribution in [2.75, 3.05) is 32.8 Å². The molecule has 0 spiro atoms. The van der Waals surface area contributed by atoms with Crippen LogP contribution in [-0.4, -0.2) is 59.1 Å². The molecule has 0 aromatic carbocycles. The molecular weight excluding hydrogens is 381 g/mol. The molecule has 166 valence electrons. The first-order valence-corrected chi connectivity index (χ1v) is 12.1. The minimum absolute atomic E-state index is 0.0570. The Morgan fingerprint density at radius 2 is 1.50 bits per heavy atom. The molecule has 28 heavy (non-hydrogen) atoms. The summed E-state index contributed by atoms with van der Waals surface area (Å²) in [6.45, 7) is 12.1. The van der Waals surface area contributed by atoms with Gasteiger partial charge in [-0.25, -0.2) is 9.36 Å². The van der Waals surface area contributed by atoms with Gasteiger partial charge >= 0.3 is 13.8 Å². The second kappa shape index (κ2) is 15.2. The lowest BCUT2D eigenvalue weighted by molar-refractivity contribution is -0.952. The Balaban J connectivity index is 5.03. The number of esters is 1. The van der Waals surface area contributed by atoms with Crippen LogP contribution in [-0.2, 0) is 18.6 Å². The molecule has 0 amide bonds. The van der Waals surface area contributed by atoms with E-state index in [2.05, 4.69) is 25.3 Å². The zero-order chi connectivity index (χ0) is 21.5. The predicted molar refractivity (Wildman–Crippen MR) is 112 cm³/mol. The van der Waals surface area contributed by atoms with Crippen molar-refractivity contribution in [3.8, 4) is 0 Å². The summed E-state index contributed by atoms with van der Waals surface area (Å²) < 4.78 is 21.8. The largest absolute Gasteiger partial charge is 0.469 e. The van der Waals surface area contributed by atoms with Gasteiger partial charge in [-0.2, -0.15) is 0 Å². The summed E-state index contributed by atoms with van der Waals surface area (Å²) in [6, 6.07) is 0.362. The smallest absolute Gasteiger partial charge is 0.463 e. The van der Waals surface area contributed by atoms with Crippen molar-refractivity contribution in [2.24, 2.45) is 0 Å². The van der Waals surface area contributed by atoms with Gasteiger partial charge in [0.15, 0.2) is 0 Å². The van der Waals surface area contributed by atoms with Gasteiger partial charge in [-0.3, -0.25) is 4.52 Å². The molecule has 0 aliphatic rings. The van der Waals surface area contributed by atoms with E-state index in [1.54, 1.807) is 13.0 Å². The van der Waals surface area contributed by atoms with Crippen LogP contribution in [0.3, 0.4) is 0 Å². The highest BCUT2D eigenvalue weighted by Crippen LogP contribution is 2.36. The quantitative estimate of drug-likeness (QED) is 0.120. The Morgan fingerprint density at radius 1 is 1.00 bits per heavy atom. The third-order valence-electron chi connectivity index (χ3n) is 4.95. The maximum atomic E-state index is 11.5. The maximum absolute atomic E-state index is 11.5. The Kier molecular flexibility index (Phi) is 14.8. The van der Waals surface area contributed by atoms with E-state index in [4.69, 9.17) is 14.5 Å². The molecule has 7 nitrogen and oxygen atoms in total. The minimum Gasteiger partial charge on any atom is -0.463 e. The lowest BCUT2D eigenvalue weighted by Crippen LogP contribution is -2.57. The number of hydrogen-bond donors (Lipinski definition) is 2. The van der Waals surface area contributed by atoms with Gasteiger partial charge in [0.1, 0.15) is 0 Å². The van der Waals surface area contributed by atoms with Gasteiger partial charge in [-0.15, -0.1) is 0 Å². The van der Waals surface area contributed by atoms with E-state index in [1.807, 2.05) is 0 Å². The highest BCUT2D eigenvalue weighted by molar-refractivity contribution is 7.46. The highest BCUT2D eigenvalue weighted by Gasteiger charge is 2.34.